The first-order chi connectivity index (χ1) is 12.1. The molecule has 0 saturated carbocycles. The monoisotopic (exact) mass is 358 g/mol. The molecule has 0 bridgehead atoms. The maximum absolute atomic E-state index is 12.1. The van der Waals surface area contributed by atoms with Crippen LogP contribution in [0, 0.1) is 0 Å². The minimum atomic E-state index is -0.418. The fourth-order valence-corrected chi connectivity index (χ4v) is 3.30. The number of rotatable bonds is 7. The van der Waals surface area contributed by atoms with Crippen LogP contribution in [0.15, 0.2) is 47.1 Å². The number of ether oxygens (including phenoxy) is 1. The number of aromatic nitrogens is 1. The van der Waals surface area contributed by atoms with Gasteiger partial charge in [-0.2, -0.15) is 0 Å². The lowest BCUT2D eigenvalue weighted by Gasteiger charge is -2.15. The molecule has 3 rings (SSSR count). The van der Waals surface area contributed by atoms with Gasteiger partial charge in [0.1, 0.15) is 10.8 Å². The number of benzene rings is 1. The van der Waals surface area contributed by atoms with Crippen molar-refractivity contribution in [1.82, 2.24) is 9.88 Å². The number of thiazole rings is 1. The normalized spacial score (nSPS) is 10.8. The van der Waals surface area contributed by atoms with Crippen molar-refractivity contribution in [2.75, 3.05) is 13.7 Å². The third kappa shape index (κ3) is 4.67. The van der Waals surface area contributed by atoms with Crippen LogP contribution in [0.1, 0.15) is 17.2 Å². The lowest BCUT2D eigenvalue weighted by atomic mass is 10.2. The molecule has 0 N–H and O–H groups in total. The van der Waals surface area contributed by atoms with E-state index < -0.39 is 5.97 Å². The summed E-state index contributed by atoms with van der Waals surface area (Å²) in [5.74, 6) is 0.0416. The summed E-state index contributed by atoms with van der Waals surface area (Å²) in [6.07, 6.45) is 2.20. The van der Waals surface area contributed by atoms with Crippen molar-refractivity contribution < 1.29 is 18.7 Å². The summed E-state index contributed by atoms with van der Waals surface area (Å²) in [5, 5.41) is 0.848. The van der Waals surface area contributed by atoms with Crippen molar-refractivity contribution in [3.05, 3.63) is 53.4 Å². The van der Waals surface area contributed by atoms with Crippen LogP contribution >= 0.6 is 11.3 Å². The molecule has 2 heterocycles. The molecular formula is C18H18N2O4S. The Morgan fingerprint density at radius 3 is 2.84 bits per heavy atom. The fraction of sp³-hybridized carbons (Fsp3) is 0.278. The van der Waals surface area contributed by atoms with Crippen molar-refractivity contribution >= 4 is 33.4 Å². The van der Waals surface area contributed by atoms with E-state index in [2.05, 4.69) is 4.98 Å². The summed E-state index contributed by atoms with van der Waals surface area (Å²) in [5.41, 5.74) is 0.924. The van der Waals surface area contributed by atoms with Gasteiger partial charge in [0.25, 0.3) is 5.91 Å². The molecular weight excluding hydrogens is 340 g/mol. The summed E-state index contributed by atoms with van der Waals surface area (Å²) >= 11 is 1.55. The summed E-state index contributed by atoms with van der Waals surface area (Å²) in [7, 11) is 1.67. The summed E-state index contributed by atoms with van der Waals surface area (Å²) in [6.45, 7) is 0.126. The highest BCUT2D eigenvalue weighted by Crippen LogP contribution is 2.22. The molecule has 130 valence electrons. The number of nitrogens with zero attached hydrogens (tertiary/aromatic N) is 2. The van der Waals surface area contributed by atoms with E-state index in [1.165, 1.54) is 4.90 Å². The average molecular weight is 358 g/mol. The molecule has 0 unspecified atom stereocenters. The summed E-state index contributed by atoms with van der Waals surface area (Å²) in [6, 6.07) is 11.4. The summed E-state index contributed by atoms with van der Waals surface area (Å²) < 4.78 is 11.3. The average Bonchev–Trinajstić information content (AvgIpc) is 3.26. The van der Waals surface area contributed by atoms with Crippen LogP contribution in [-0.4, -0.2) is 35.4 Å². The second-order valence-corrected chi connectivity index (χ2v) is 6.68. The van der Waals surface area contributed by atoms with Gasteiger partial charge < -0.3 is 14.1 Å². The predicted octanol–water partition coefficient (Wildman–Crippen LogP) is 3.02. The van der Waals surface area contributed by atoms with E-state index in [0.717, 1.165) is 21.0 Å². The highest BCUT2D eigenvalue weighted by molar-refractivity contribution is 7.18. The number of carbonyl (C=O) groups excluding carboxylic acids is 2. The second kappa shape index (κ2) is 7.94. The highest BCUT2D eigenvalue weighted by Gasteiger charge is 2.14. The Balaban J connectivity index is 1.44. The van der Waals surface area contributed by atoms with Crippen molar-refractivity contribution in [2.45, 2.75) is 19.4 Å². The first kappa shape index (κ1) is 17.2. The minimum Gasteiger partial charge on any atom is -0.469 e. The zero-order valence-corrected chi connectivity index (χ0v) is 14.6. The Bertz CT molecular complexity index is 824. The number of likely N-dealkylation sites (N-methyl/N-ethyl adjacent to an activating group) is 1. The number of hydrogen-bond acceptors (Lipinski definition) is 6. The van der Waals surface area contributed by atoms with Crippen LogP contribution in [0.25, 0.3) is 10.2 Å². The molecule has 0 aliphatic heterocycles. The van der Waals surface area contributed by atoms with E-state index in [-0.39, 0.29) is 18.9 Å². The Hall–Kier alpha value is -2.67. The van der Waals surface area contributed by atoms with Gasteiger partial charge in [0.05, 0.1) is 29.4 Å². The number of para-hydroxylation sites is 1. The predicted molar refractivity (Wildman–Crippen MR) is 94.1 cm³/mol. The Kier molecular flexibility index (Phi) is 5.45. The standard InChI is InChI=1S/C18H18N2O4S/c1-20(11-16-19-14-6-2-3-7-15(14)25-16)17(21)12-24-18(22)9-8-13-5-4-10-23-13/h2-7,10H,8-9,11-12H2,1H3. The van der Waals surface area contributed by atoms with Gasteiger partial charge in [-0.05, 0) is 24.3 Å². The van der Waals surface area contributed by atoms with Gasteiger partial charge in [-0.25, -0.2) is 4.98 Å². The second-order valence-electron chi connectivity index (χ2n) is 5.57. The molecule has 1 amide bonds. The number of furan rings is 1. The van der Waals surface area contributed by atoms with Crippen LogP contribution in [0.5, 0.6) is 0 Å². The first-order valence-corrected chi connectivity index (χ1v) is 8.70. The smallest absolute Gasteiger partial charge is 0.306 e. The number of hydrogen-bond donors (Lipinski definition) is 0. The maximum atomic E-state index is 12.1. The molecule has 0 aliphatic rings. The fourth-order valence-electron chi connectivity index (χ4n) is 2.28. The molecule has 0 saturated heterocycles. The maximum Gasteiger partial charge on any atom is 0.306 e. The largest absolute Gasteiger partial charge is 0.469 e. The van der Waals surface area contributed by atoms with Crippen molar-refractivity contribution in [1.29, 1.82) is 0 Å². The topological polar surface area (TPSA) is 72.6 Å². The van der Waals surface area contributed by atoms with Gasteiger partial charge in [0, 0.05) is 13.5 Å². The highest BCUT2D eigenvalue weighted by atomic mass is 32.1. The molecule has 0 atom stereocenters. The van der Waals surface area contributed by atoms with Gasteiger partial charge in [0.2, 0.25) is 0 Å². The molecule has 3 aromatic rings. The first-order valence-electron chi connectivity index (χ1n) is 7.88. The SMILES string of the molecule is CN(Cc1nc2ccccc2s1)C(=O)COC(=O)CCc1ccco1. The number of esters is 1. The third-order valence-corrected chi connectivity index (χ3v) is 4.67. The van der Waals surface area contributed by atoms with E-state index >= 15 is 0 Å². The van der Waals surface area contributed by atoms with Crippen LogP contribution in [0.4, 0.5) is 0 Å². The quantitative estimate of drug-likeness (QED) is 0.607. The molecule has 0 spiro atoms. The van der Waals surface area contributed by atoms with Gasteiger partial charge in [-0.15, -0.1) is 11.3 Å². The van der Waals surface area contributed by atoms with Crippen LogP contribution < -0.4 is 0 Å². The molecule has 25 heavy (non-hydrogen) atoms. The van der Waals surface area contributed by atoms with E-state index in [0.29, 0.717) is 13.0 Å². The molecule has 2 aromatic heterocycles. The van der Waals surface area contributed by atoms with Gasteiger partial charge in [-0.1, -0.05) is 12.1 Å². The number of carbonyl (C=O) groups is 2. The molecule has 1 aromatic carbocycles. The summed E-state index contributed by atoms with van der Waals surface area (Å²) in [4.78, 5) is 29.8. The van der Waals surface area contributed by atoms with Crippen LogP contribution in [0.3, 0.4) is 0 Å². The van der Waals surface area contributed by atoms with E-state index in [1.54, 1.807) is 36.8 Å². The number of amides is 1. The van der Waals surface area contributed by atoms with Crippen LogP contribution in [-0.2, 0) is 27.3 Å². The van der Waals surface area contributed by atoms with Crippen molar-refractivity contribution in [3.63, 3.8) is 0 Å². The Morgan fingerprint density at radius 1 is 1.24 bits per heavy atom. The van der Waals surface area contributed by atoms with E-state index in [1.807, 2.05) is 24.3 Å². The zero-order chi connectivity index (χ0) is 17.6. The number of fused-ring (bicyclic) bond motifs is 1. The van der Waals surface area contributed by atoms with Crippen molar-refractivity contribution in [3.8, 4) is 0 Å². The molecule has 0 radical (unpaired) electrons. The lowest BCUT2D eigenvalue weighted by molar-refractivity contribution is -0.151. The number of aryl methyl sites for hydroxylation is 1. The molecule has 7 heteroatoms. The van der Waals surface area contributed by atoms with E-state index in [4.69, 9.17) is 9.15 Å². The van der Waals surface area contributed by atoms with Gasteiger partial charge >= 0.3 is 5.97 Å². The van der Waals surface area contributed by atoms with Gasteiger partial charge in [-0.3, -0.25) is 9.59 Å². The lowest BCUT2D eigenvalue weighted by Crippen LogP contribution is -2.30. The molecule has 6 nitrogen and oxygen atoms in total. The van der Waals surface area contributed by atoms with Crippen molar-refractivity contribution in [2.24, 2.45) is 0 Å². The zero-order valence-electron chi connectivity index (χ0n) is 13.8. The van der Waals surface area contributed by atoms with Crippen LogP contribution in [0.2, 0.25) is 0 Å². The minimum absolute atomic E-state index is 0.183. The third-order valence-electron chi connectivity index (χ3n) is 3.65. The molecule has 0 fully saturated rings. The molecule has 0 aliphatic carbocycles. The van der Waals surface area contributed by atoms with E-state index in [9.17, 15) is 9.59 Å². The Labute approximate surface area is 149 Å². The van der Waals surface area contributed by atoms with Gasteiger partial charge in [0.15, 0.2) is 6.61 Å². The Morgan fingerprint density at radius 2 is 2.08 bits per heavy atom.